The summed E-state index contributed by atoms with van der Waals surface area (Å²) in [5.41, 5.74) is 3.88. The van der Waals surface area contributed by atoms with Gasteiger partial charge in [0.15, 0.2) is 0 Å². The number of pyridine rings is 1. The van der Waals surface area contributed by atoms with Gasteiger partial charge in [-0.1, -0.05) is 30.3 Å². The van der Waals surface area contributed by atoms with E-state index in [1.165, 1.54) is 6.21 Å². The van der Waals surface area contributed by atoms with Gasteiger partial charge in [-0.2, -0.15) is 5.10 Å². The molecule has 112 valence electrons. The first-order chi connectivity index (χ1) is 10.7. The van der Waals surface area contributed by atoms with Crippen LogP contribution in [0.15, 0.2) is 60.0 Å². The summed E-state index contributed by atoms with van der Waals surface area (Å²) in [6.45, 7) is 1.81. The largest absolute Gasteiger partial charge is 0.341 e. The minimum absolute atomic E-state index is 0.261. The number of rotatable bonds is 4. The molecule has 2 N–H and O–H groups in total. The van der Waals surface area contributed by atoms with Crippen LogP contribution in [-0.4, -0.2) is 23.0 Å². The fourth-order valence-corrected chi connectivity index (χ4v) is 1.75. The zero-order valence-electron chi connectivity index (χ0n) is 12.1. The topological polar surface area (TPSA) is 83.5 Å². The predicted octanol–water partition coefficient (Wildman–Crippen LogP) is 1.41. The molecule has 0 aliphatic heterocycles. The third-order valence-electron chi connectivity index (χ3n) is 2.94. The number of amides is 2. The molecule has 0 aliphatic rings. The van der Waals surface area contributed by atoms with E-state index in [1.807, 2.05) is 30.3 Å². The first-order valence-electron chi connectivity index (χ1n) is 6.75. The average molecular weight is 296 g/mol. The third-order valence-corrected chi connectivity index (χ3v) is 2.94. The molecule has 2 rings (SSSR count). The van der Waals surface area contributed by atoms with Gasteiger partial charge in [0.2, 0.25) is 0 Å². The maximum Gasteiger partial charge on any atom is 0.329 e. The lowest BCUT2D eigenvalue weighted by Crippen LogP contribution is -2.39. The van der Waals surface area contributed by atoms with Crippen LogP contribution in [0, 0.1) is 0 Å². The van der Waals surface area contributed by atoms with Gasteiger partial charge in [0.25, 0.3) is 0 Å². The van der Waals surface area contributed by atoms with Crippen LogP contribution in [0.25, 0.3) is 0 Å². The molecule has 6 heteroatoms. The molecule has 0 aliphatic carbocycles. The van der Waals surface area contributed by atoms with Gasteiger partial charge < -0.3 is 5.32 Å². The number of carbonyl (C=O) groups is 2. The molecule has 2 aromatic rings. The Hall–Kier alpha value is -3.02. The number of hydrogen-bond acceptors (Lipinski definition) is 4. The van der Waals surface area contributed by atoms with Crippen LogP contribution in [0.2, 0.25) is 0 Å². The molecule has 1 atom stereocenters. The Morgan fingerprint density at radius 3 is 2.45 bits per heavy atom. The Labute approximate surface area is 128 Å². The molecule has 0 saturated heterocycles. The maximum absolute atomic E-state index is 11.8. The van der Waals surface area contributed by atoms with Gasteiger partial charge in [-0.15, -0.1) is 0 Å². The van der Waals surface area contributed by atoms with Crippen LogP contribution in [-0.2, 0) is 9.59 Å². The van der Waals surface area contributed by atoms with Gasteiger partial charge in [-0.25, -0.2) is 5.43 Å². The number of carbonyl (C=O) groups excluding carboxylic acids is 2. The third kappa shape index (κ3) is 4.52. The van der Waals surface area contributed by atoms with Gasteiger partial charge in [-0.05, 0) is 30.2 Å². The van der Waals surface area contributed by atoms with Crippen molar-refractivity contribution in [2.75, 3.05) is 0 Å². The van der Waals surface area contributed by atoms with Gasteiger partial charge in [0, 0.05) is 12.4 Å². The second-order valence-electron chi connectivity index (χ2n) is 4.59. The van der Waals surface area contributed by atoms with Crippen LogP contribution in [0.4, 0.5) is 0 Å². The molecule has 1 aromatic heterocycles. The molecule has 0 fully saturated rings. The standard InChI is InChI=1S/C16H16N4O2/c1-12(14-5-3-2-4-6-14)19-15(21)16(22)20-18-11-13-7-9-17-10-8-13/h2-12H,1H3,(H,19,21)(H,20,22)/b18-11+. The number of aromatic nitrogens is 1. The van der Waals surface area contributed by atoms with Crippen molar-refractivity contribution in [2.45, 2.75) is 13.0 Å². The highest BCUT2D eigenvalue weighted by Gasteiger charge is 2.16. The Balaban J connectivity index is 1.85. The van der Waals surface area contributed by atoms with Crippen molar-refractivity contribution >= 4 is 18.0 Å². The first-order valence-corrected chi connectivity index (χ1v) is 6.75. The van der Waals surface area contributed by atoms with Crippen molar-refractivity contribution in [2.24, 2.45) is 5.10 Å². The van der Waals surface area contributed by atoms with E-state index in [4.69, 9.17) is 0 Å². The van der Waals surface area contributed by atoms with E-state index in [-0.39, 0.29) is 6.04 Å². The van der Waals surface area contributed by atoms with Gasteiger partial charge in [0.05, 0.1) is 12.3 Å². The number of benzene rings is 1. The van der Waals surface area contributed by atoms with Crippen molar-refractivity contribution in [1.82, 2.24) is 15.7 Å². The minimum Gasteiger partial charge on any atom is -0.341 e. The fraction of sp³-hybridized carbons (Fsp3) is 0.125. The molecular formula is C16H16N4O2. The van der Waals surface area contributed by atoms with E-state index in [9.17, 15) is 9.59 Å². The van der Waals surface area contributed by atoms with Crippen LogP contribution < -0.4 is 10.7 Å². The van der Waals surface area contributed by atoms with E-state index in [0.717, 1.165) is 11.1 Å². The lowest BCUT2D eigenvalue weighted by molar-refractivity contribution is -0.139. The van der Waals surface area contributed by atoms with Gasteiger partial charge >= 0.3 is 11.8 Å². The predicted molar refractivity (Wildman–Crippen MR) is 83.0 cm³/mol. The molecular weight excluding hydrogens is 280 g/mol. The number of hydrogen-bond donors (Lipinski definition) is 2. The van der Waals surface area contributed by atoms with E-state index in [0.29, 0.717) is 0 Å². The molecule has 6 nitrogen and oxygen atoms in total. The van der Waals surface area contributed by atoms with E-state index in [2.05, 4.69) is 20.8 Å². The highest BCUT2D eigenvalue weighted by Crippen LogP contribution is 2.10. The quantitative estimate of drug-likeness (QED) is 0.508. The van der Waals surface area contributed by atoms with Crippen molar-refractivity contribution in [3.8, 4) is 0 Å². The smallest absolute Gasteiger partial charge is 0.329 e. The van der Waals surface area contributed by atoms with E-state index < -0.39 is 11.8 Å². The second-order valence-corrected chi connectivity index (χ2v) is 4.59. The van der Waals surface area contributed by atoms with Crippen LogP contribution in [0.3, 0.4) is 0 Å². The highest BCUT2D eigenvalue weighted by atomic mass is 16.2. The summed E-state index contributed by atoms with van der Waals surface area (Å²) in [5.74, 6) is -1.55. The van der Waals surface area contributed by atoms with Crippen molar-refractivity contribution in [1.29, 1.82) is 0 Å². The number of hydrazone groups is 1. The molecule has 1 aromatic carbocycles. The molecule has 0 saturated carbocycles. The van der Waals surface area contributed by atoms with Crippen LogP contribution in [0.5, 0.6) is 0 Å². The summed E-state index contributed by atoms with van der Waals surface area (Å²) >= 11 is 0. The number of nitrogens with zero attached hydrogens (tertiary/aromatic N) is 2. The molecule has 0 bridgehead atoms. The minimum atomic E-state index is -0.812. The highest BCUT2D eigenvalue weighted by molar-refractivity contribution is 6.35. The summed E-state index contributed by atoms with van der Waals surface area (Å²) in [6, 6.07) is 12.6. The zero-order chi connectivity index (χ0) is 15.8. The van der Waals surface area contributed by atoms with E-state index in [1.54, 1.807) is 31.5 Å². The summed E-state index contributed by atoms with van der Waals surface area (Å²) in [4.78, 5) is 27.3. The fourth-order valence-electron chi connectivity index (χ4n) is 1.75. The molecule has 0 spiro atoms. The van der Waals surface area contributed by atoms with Crippen molar-refractivity contribution in [3.05, 3.63) is 66.0 Å². The Bertz CT molecular complexity index is 656. The van der Waals surface area contributed by atoms with E-state index >= 15 is 0 Å². The monoisotopic (exact) mass is 296 g/mol. The lowest BCUT2D eigenvalue weighted by Gasteiger charge is -2.13. The Morgan fingerprint density at radius 2 is 1.77 bits per heavy atom. The summed E-state index contributed by atoms with van der Waals surface area (Å²) < 4.78 is 0. The second kappa shape index (κ2) is 7.68. The van der Waals surface area contributed by atoms with Crippen LogP contribution in [0.1, 0.15) is 24.1 Å². The first kappa shape index (κ1) is 15.4. The lowest BCUT2D eigenvalue weighted by atomic mass is 10.1. The number of nitrogens with one attached hydrogen (secondary N) is 2. The normalized spacial score (nSPS) is 11.9. The van der Waals surface area contributed by atoms with Gasteiger partial charge in [-0.3, -0.25) is 14.6 Å². The molecule has 1 unspecified atom stereocenters. The Morgan fingerprint density at radius 1 is 1.09 bits per heavy atom. The molecule has 2 amide bonds. The SMILES string of the molecule is CC(NC(=O)C(=O)N/N=C/c1ccncc1)c1ccccc1. The summed E-state index contributed by atoms with van der Waals surface area (Å²) in [7, 11) is 0. The van der Waals surface area contributed by atoms with Gasteiger partial charge in [0.1, 0.15) is 0 Å². The Kier molecular flexibility index (Phi) is 5.37. The maximum atomic E-state index is 11.8. The molecule has 22 heavy (non-hydrogen) atoms. The molecule has 1 heterocycles. The van der Waals surface area contributed by atoms with Crippen molar-refractivity contribution in [3.63, 3.8) is 0 Å². The summed E-state index contributed by atoms with van der Waals surface area (Å²) in [5, 5.41) is 6.34. The van der Waals surface area contributed by atoms with Crippen LogP contribution >= 0.6 is 0 Å². The zero-order valence-corrected chi connectivity index (χ0v) is 12.1. The summed E-state index contributed by atoms with van der Waals surface area (Å²) in [6.07, 6.45) is 4.66. The van der Waals surface area contributed by atoms with Crippen molar-refractivity contribution < 1.29 is 9.59 Å². The molecule has 0 radical (unpaired) electrons. The average Bonchev–Trinajstić information content (AvgIpc) is 2.56.